The number of amides is 1. The number of hydrogen-bond donors (Lipinski definition) is 1. The topological polar surface area (TPSA) is 63.1 Å². The molecule has 0 saturated carbocycles. The third-order valence-corrected chi connectivity index (χ3v) is 4.61. The van der Waals surface area contributed by atoms with Gasteiger partial charge in [0, 0.05) is 24.3 Å². The first-order valence-corrected chi connectivity index (χ1v) is 8.85. The molecule has 0 unspecified atom stereocenters. The Morgan fingerprint density at radius 3 is 2.50 bits per heavy atom. The van der Waals surface area contributed by atoms with Crippen LogP contribution in [0.15, 0.2) is 60.8 Å². The highest BCUT2D eigenvalue weighted by molar-refractivity contribution is 5.95. The van der Waals surface area contributed by atoms with Crippen LogP contribution < -0.4 is 10.2 Å². The molecule has 1 aliphatic heterocycles. The molecular formula is C20H21N5O. The summed E-state index contributed by atoms with van der Waals surface area (Å²) in [5, 5.41) is 11.9. The number of aromatic nitrogens is 3. The van der Waals surface area contributed by atoms with Crippen LogP contribution in [0.2, 0.25) is 0 Å². The Balaban J connectivity index is 1.44. The van der Waals surface area contributed by atoms with Crippen LogP contribution in [0.4, 0.5) is 11.4 Å². The Bertz CT molecular complexity index is 888. The number of benzene rings is 2. The standard InChI is InChI=1S/C20H21N5O/c1-15(19-14-25(23-22-19)18-6-3-2-4-7-18)21-16-9-11-17(12-10-16)24-13-5-8-20(24)26/h2-4,6-7,9-12,14-15,21H,5,8,13H2,1H3/t15-/m1/s1. The summed E-state index contributed by atoms with van der Waals surface area (Å²) in [6.45, 7) is 2.86. The van der Waals surface area contributed by atoms with Gasteiger partial charge in [-0.25, -0.2) is 4.68 Å². The number of hydrogen-bond acceptors (Lipinski definition) is 4. The van der Waals surface area contributed by atoms with E-state index in [4.69, 9.17) is 0 Å². The zero-order valence-corrected chi connectivity index (χ0v) is 14.7. The summed E-state index contributed by atoms with van der Waals surface area (Å²) in [6, 6.07) is 17.9. The molecule has 2 aromatic carbocycles. The maximum atomic E-state index is 11.8. The maximum absolute atomic E-state index is 11.8. The van der Waals surface area contributed by atoms with Crippen molar-refractivity contribution < 1.29 is 4.79 Å². The molecule has 1 aromatic heterocycles. The highest BCUT2D eigenvalue weighted by atomic mass is 16.2. The van der Waals surface area contributed by atoms with Crippen molar-refractivity contribution in [2.75, 3.05) is 16.8 Å². The normalized spacial score (nSPS) is 15.3. The van der Waals surface area contributed by atoms with Gasteiger partial charge in [-0.1, -0.05) is 23.4 Å². The van der Waals surface area contributed by atoms with Gasteiger partial charge in [0.05, 0.1) is 17.9 Å². The third kappa shape index (κ3) is 3.31. The minimum absolute atomic E-state index is 0.0201. The molecule has 6 heteroatoms. The highest BCUT2D eigenvalue weighted by Gasteiger charge is 2.21. The first kappa shape index (κ1) is 16.3. The number of carbonyl (C=O) groups excluding carboxylic acids is 1. The summed E-state index contributed by atoms with van der Waals surface area (Å²) in [7, 11) is 0. The lowest BCUT2D eigenvalue weighted by Crippen LogP contribution is -2.23. The average molecular weight is 347 g/mol. The molecule has 1 N–H and O–H groups in total. The van der Waals surface area contributed by atoms with E-state index in [0.717, 1.165) is 35.7 Å². The molecule has 1 amide bonds. The number of para-hydroxylation sites is 1. The summed E-state index contributed by atoms with van der Waals surface area (Å²) in [5.74, 6) is 0.205. The lowest BCUT2D eigenvalue weighted by atomic mass is 10.2. The predicted molar refractivity (Wildman–Crippen MR) is 101 cm³/mol. The minimum atomic E-state index is 0.0201. The molecular weight excluding hydrogens is 326 g/mol. The van der Waals surface area contributed by atoms with Gasteiger partial charge in [0.1, 0.15) is 5.69 Å². The van der Waals surface area contributed by atoms with Gasteiger partial charge in [-0.3, -0.25) is 4.79 Å². The number of rotatable bonds is 5. The van der Waals surface area contributed by atoms with Crippen molar-refractivity contribution in [3.8, 4) is 5.69 Å². The number of nitrogens with zero attached hydrogens (tertiary/aromatic N) is 4. The van der Waals surface area contributed by atoms with E-state index in [0.29, 0.717) is 6.42 Å². The number of nitrogens with one attached hydrogen (secondary N) is 1. The molecule has 1 atom stereocenters. The number of anilines is 2. The smallest absolute Gasteiger partial charge is 0.227 e. The van der Waals surface area contributed by atoms with Crippen LogP contribution in [0.5, 0.6) is 0 Å². The van der Waals surface area contributed by atoms with Gasteiger partial charge < -0.3 is 10.2 Å². The van der Waals surface area contributed by atoms with Gasteiger partial charge >= 0.3 is 0 Å². The summed E-state index contributed by atoms with van der Waals surface area (Å²) >= 11 is 0. The van der Waals surface area contributed by atoms with E-state index in [1.807, 2.05) is 65.7 Å². The summed E-state index contributed by atoms with van der Waals surface area (Å²) in [4.78, 5) is 13.7. The highest BCUT2D eigenvalue weighted by Crippen LogP contribution is 2.25. The molecule has 26 heavy (non-hydrogen) atoms. The Kier molecular flexibility index (Phi) is 4.39. The second-order valence-electron chi connectivity index (χ2n) is 6.49. The van der Waals surface area contributed by atoms with E-state index in [1.54, 1.807) is 4.68 Å². The van der Waals surface area contributed by atoms with Gasteiger partial charge in [-0.2, -0.15) is 0 Å². The van der Waals surface area contributed by atoms with Gasteiger partial charge in [-0.05, 0) is 49.7 Å². The summed E-state index contributed by atoms with van der Waals surface area (Å²) < 4.78 is 1.77. The third-order valence-electron chi connectivity index (χ3n) is 4.61. The van der Waals surface area contributed by atoms with E-state index in [1.165, 1.54) is 0 Å². The van der Waals surface area contributed by atoms with Crippen LogP contribution in [-0.4, -0.2) is 27.4 Å². The molecule has 2 heterocycles. The van der Waals surface area contributed by atoms with Crippen molar-refractivity contribution in [1.29, 1.82) is 0 Å². The fourth-order valence-electron chi connectivity index (χ4n) is 3.16. The molecule has 0 bridgehead atoms. The first-order valence-electron chi connectivity index (χ1n) is 8.85. The quantitative estimate of drug-likeness (QED) is 0.766. The Morgan fingerprint density at radius 2 is 1.81 bits per heavy atom. The second kappa shape index (κ2) is 7.00. The minimum Gasteiger partial charge on any atom is -0.377 e. The molecule has 1 saturated heterocycles. The fourth-order valence-corrected chi connectivity index (χ4v) is 3.16. The molecule has 132 valence electrons. The molecule has 1 aliphatic rings. The van der Waals surface area contributed by atoms with Gasteiger partial charge in [0.2, 0.25) is 5.91 Å². The second-order valence-corrected chi connectivity index (χ2v) is 6.49. The van der Waals surface area contributed by atoms with Crippen LogP contribution in [0, 0.1) is 0 Å². The van der Waals surface area contributed by atoms with E-state index in [2.05, 4.69) is 22.6 Å². The molecule has 1 fully saturated rings. The van der Waals surface area contributed by atoms with Crippen molar-refractivity contribution in [2.45, 2.75) is 25.8 Å². The van der Waals surface area contributed by atoms with E-state index >= 15 is 0 Å². The maximum Gasteiger partial charge on any atom is 0.227 e. The van der Waals surface area contributed by atoms with Gasteiger partial charge in [0.25, 0.3) is 0 Å². The zero-order chi connectivity index (χ0) is 17.9. The Labute approximate surface area is 152 Å². The van der Waals surface area contributed by atoms with Crippen molar-refractivity contribution in [3.63, 3.8) is 0 Å². The van der Waals surface area contributed by atoms with Crippen molar-refractivity contribution in [3.05, 3.63) is 66.5 Å². The van der Waals surface area contributed by atoms with Gasteiger partial charge in [-0.15, -0.1) is 5.10 Å². The van der Waals surface area contributed by atoms with Crippen LogP contribution in [-0.2, 0) is 4.79 Å². The summed E-state index contributed by atoms with van der Waals surface area (Å²) in [6.07, 6.45) is 3.52. The van der Waals surface area contributed by atoms with Crippen LogP contribution in [0.25, 0.3) is 5.69 Å². The van der Waals surface area contributed by atoms with E-state index in [9.17, 15) is 4.79 Å². The molecule has 4 rings (SSSR count). The Hall–Kier alpha value is -3.15. The van der Waals surface area contributed by atoms with Crippen LogP contribution >= 0.6 is 0 Å². The van der Waals surface area contributed by atoms with Gasteiger partial charge in [0.15, 0.2) is 0 Å². The Morgan fingerprint density at radius 1 is 1.04 bits per heavy atom. The zero-order valence-electron chi connectivity index (χ0n) is 14.7. The van der Waals surface area contributed by atoms with Crippen molar-refractivity contribution in [1.82, 2.24) is 15.0 Å². The summed E-state index contributed by atoms with van der Waals surface area (Å²) in [5.41, 5.74) is 3.80. The number of carbonyl (C=O) groups is 1. The predicted octanol–water partition coefficient (Wildman–Crippen LogP) is 3.57. The van der Waals surface area contributed by atoms with Crippen LogP contribution in [0.1, 0.15) is 31.5 Å². The van der Waals surface area contributed by atoms with E-state index in [-0.39, 0.29) is 11.9 Å². The van der Waals surface area contributed by atoms with Crippen molar-refractivity contribution in [2.24, 2.45) is 0 Å². The first-order chi connectivity index (χ1) is 12.7. The van der Waals surface area contributed by atoms with Crippen LogP contribution in [0.3, 0.4) is 0 Å². The molecule has 0 spiro atoms. The SMILES string of the molecule is C[C@@H](Nc1ccc(N2CCCC2=O)cc1)c1cn(-c2ccccc2)nn1. The lowest BCUT2D eigenvalue weighted by molar-refractivity contribution is -0.117. The lowest BCUT2D eigenvalue weighted by Gasteiger charge is -2.17. The molecule has 6 nitrogen and oxygen atoms in total. The monoisotopic (exact) mass is 347 g/mol. The molecule has 3 aromatic rings. The molecule has 0 aliphatic carbocycles. The van der Waals surface area contributed by atoms with Crippen molar-refractivity contribution >= 4 is 17.3 Å². The average Bonchev–Trinajstić information content (AvgIpc) is 3.32. The largest absolute Gasteiger partial charge is 0.377 e. The van der Waals surface area contributed by atoms with E-state index < -0.39 is 0 Å². The molecule has 0 radical (unpaired) electrons. The fraction of sp³-hybridized carbons (Fsp3) is 0.250.